The molecule has 7 nitrogen and oxygen atoms in total. The van der Waals surface area contributed by atoms with E-state index in [4.69, 9.17) is 4.74 Å². The number of fused-ring (bicyclic) bond motifs is 1. The summed E-state index contributed by atoms with van der Waals surface area (Å²) in [6.07, 6.45) is 5.83. The third kappa shape index (κ3) is 6.70. The zero-order valence-corrected chi connectivity index (χ0v) is 21.9. The Kier molecular flexibility index (Phi) is 9.19. The molecule has 1 saturated heterocycles. The molecule has 0 bridgehead atoms. The molecule has 1 fully saturated rings. The summed E-state index contributed by atoms with van der Waals surface area (Å²) in [7, 11) is 1.78. The van der Waals surface area contributed by atoms with E-state index >= 15 is 0 Å². The van der Waals surface area contributed by atoms with Gasteiger partial charge in [0.05, 0.1) is 11.3 Å². The number of nitrogens with one attached hydrogen (secondary N) is 2. The molecule has 2 aromatic carbocycles. The second-order valence-corrected chi connectivity index (χ2v) is 10.4. The van der Waals surface area contributed by atoms with E-state index in [9.17, 15) is 19.8 Å². The summed E-state index contributed by atoms with van der Waals surface area (Å²) in [5.74, 6) is 0.203. The average Bonchev–Trinajstić information content (AvgIpc) is 3.38. The van der Waals surface area contributed by atoms with Crippen LogP contribution in [0.5, 0.6) is 5.75 Å². The second kappa shape index (κ2) is 12.7. The van der Waals surface area contributed by atoms with Gasteiger partial charge in [0.25, 0.3) is 0 Å². The zero-order chi connectivity index (χ0) is 26.2. The highest BCUT2D eigenvalue weighted by Gasteiger charge is 2.27. The SMILES string of the molecule is CNc1scc(C2CCc3ccccc3C2)c1C(=O)O.O=Cc1ccc(NCC2CCOCC2)c(O)c1. The molecule has 1 aromatic heterocycles. The molecule has 0 amide bonds. The first-order valence-corrected chi connectivity index (χ1v) is 13.6. The molecule has 8 heteroatoms. The second-order valence-electron chi connectivity index (χ2n) is 9.49. The first kappa shape index (κ1) is 26.7. The van der Waals surface area contributed by atoms with Gasteiger partial charge in [-0.25, -0.2) is 4.79 Å². The number of thiophene rings is 1. The number of phenols is 1. The molecule has 1 aliphatic heterocycles. The number of aromatic hydroxyl groups is 1. The highest BCUT2D eigenvalue weighted by molar-refractivity contribution is 7.14. The topological polar surface area (TPSA) is 108 Å². The fraction of sp³-hybridized carbons (Fsp3) is 0.379. The maximum absolute atomic E-state index is 11.5. The van der Waals surface area contributed by atoms with E-state index in [2.05, 4.69) is 34.9 Å². The number of anilines is 2. The molecule has 5 rings (SSSR count). The van der Waals surface area contributed by atoms with Crippen LogP contribution in [0.2, 0.25) is 0 Å². The maximum atomic E-state index is 11.5. The monoisotopic (exact) mass is 522 g/mol. The lowest BCUT2D eigenvalue weighted by Crippen LogP contribution is -2.22. The molecule has 196 valence electrons. The van der Waals surface area contributed by atoms with E-state index in [1.165, 1.54) is 28.5 Å². The van der Waals surface area contributed by atoms with Crippen LogP contribution >= 0.6 is 11.3 Å². The number of aryl methyl sites for hydroxylation is 1. The zero-order valence-electron chi connectivity index (χ0n) is 21.0. The van der Waals surface area contributed by atoms with Crippen LogP contribution in [0, 0.1) is 5.92 Å². The normalized spacial score (nSPS) is 17.2. The van der Waals surface area contributed by atoms with Crippen LogP contribution in [-0.2, 0) is 17.6 Å². The van der Waals surface area contributed by atoms with Gasteiger partial charge in [-0.2, -0.15) is 0 Å². The van der Waals surface area contributed by atoms with Gasteiger partial charge in [0, 0.05) is 32.4 Å². The van der Waals surface area contributed by atoms with Crippen molar-refractivity contribution in [3.8, 4) is 5.75 Å². The molecular weight excluding hydrogens is 488 g/mol. The number of aldehydes is 1. The summed E-state index contributed by atoms with van der Waals surface area (Å²) in [6, 6.07) is 13.4. The quantitative estimate of drug-likeness (QED) is 0.229. The summed E-state index contributed by atoms with van der Waals surface area (Å²) in [4.78, 5) is 22.0. The molecule has 1 atom stereocenters. The summed E-state index contributed by atoms with van der Waals surface area (Å²) < 4.78 is 5.29. The maximum Gasteiger partial charge on any atom is 0.338 e. The number of ether oxygens (including phenoxy) is 1. The first-order chi connectivity index (χ1) is 18.0. The lowest BCUT2D eigenvalue weighted by Gasteiger charge is -2.24. The summed E-state index contributed by atoms with van der Waals surface area (Å²) in [5, 5.41) is 28.1. The summed E-state index contributed by atoms with van der Waals surface area (Å²) in [6.45, 7) is 2.47. The van der Waals surface area contributed by atoms with E-state index in [1.807, 2.05) is 5.38 Å². The fourth-order valence-electron chi connectivity index (χ4n) is 5.02. The standard InChI is InChI=1S/C16H17NO2S.C13H17NO3/c1-17-15-14(16(18)19)13(9-20-15)12-7-6-10-4-2-3-5-11(10)8-12;15-9-11-1-2-12(13(16)7-11)14-8-10-3-5-17-6-4-10/h2-5,9,12,17H,6-8H2,1H3,(H,18,19);1-2,7,9-10,14,16H,3-6,8H2. The van der Waals surface area contributed by atoms with Crippen LogP contribution in [0.3, 0.4) is 0 Å². The van der Waals surface area contributed by atoms with Crippen LogP contribution in [-0.4, -0.2) is 49.3 Å². The van der Waals surface area contributed by atoms with Crippen molar-refractivity contribution < 1.29 is 24.5 Å². The highest BCUT2D eigenvalue weighted by Crippen LogP contribution is 2.39. The average molecular weight is 523 g/mol. The van der Waals surface area contributed by atoms with Crippen molar-refractivity contribution in [3.05, 3.63) is 75.7 Å². The Labute approximate surface area is 221 Å². The number of carbonyl (C=O) groups excluding carboxylic acids is 1. The Morgan fingerprint density at radius 1 is 1.14 bits per heavy atom. The minimum atomic E-state index is -0.829. The van der Waals surface area contributed by atoms with Gasteiger partial charge in [-0.05, 0) is 84.2 Å². The predicted octanol–water partition coefficient (Wildman–Crippen LogP) is 5.80. The molecule has 0 saturated carbocycles. The molecular formula is C29H34N2O5S. The van der Waals surface area contributed by atoms with E-state index in [0.717, 1.165) is 68.7 Å². The molecule has 1 unspecified atom stereocenters. The van der Waals surface area contributed by atoms with Crippen LogP contribution in [0.15, 0.2) is 47.8 Å². The van der Waals surface area contributed by atoms with Gasteiger partial charge < -0.3 is 25.6 Å². The van der Waals surface area contributed by atoms with Gasteiger partial charge in [0.15, 0.2) is 0 Å². The Morgan fingerprint density at radius 3 is 2.57 bits per heavy atom. The summed E-state index contributed by atoms with van der Waals surface area (Å²) in [5.41, 5.74) is 5.38. The van der Waals surface area contributed by atoms with Crippen molar-refractivity contribution in [1.82, 2.24) is 0 Å². The smallest absolute Gasteiger partial charge is 0.338 e. The third-order valence-electron chi connectivity index (χ3n) is 7.13. The van der Waals surface area contributed by atoms with Crippen LogP contribution < -0.4 is 10.6 Å². The van der Waals surface area contributed by atoms with Crippen molar-refractivity contribution in [2.45, 2.75) is 38.0 Å². The van der Waals surface area contributed by atoms with Gasteiger partial charge >= 0.3 is 5.97 Å². The number of hydrogen-bond acceptors (Lipinski definition) is 7. The molecule has 2 aliphatic rings. The number of carboxylic acids is 1. The van der Waals surface area contributed by atoms with Crippen molar-refractivity contribution in [2.24, 2.45) is 5.92 Å². The first-order valence-electron chi connectivity index (χ1n) is 12.7. The van der Waals surface area contributed by atoms with Gasteiger partial charge in [0.2, 0.25) is 0 Å². The van der Waals surface area contributed by atoms with Crippen LogP contribution in [0.1, 0.15) is 62.6 Å². The largest absolute Gasteiger partial charge is 0.506 e. The Hall–Kier alpha value is -3.36. The van der Waals surface area contributed by atoms with Crippen LogP contribution in [0.25, 0.3) is 0 Å². The van der Waals surface area contributed by atoms with Gasteiger partial charge in [-0.3, -0.25) is 4.79 Å². The van der Waals surface area contributed by atoms with Gasteiger partial charge in [0.1, 0.15) is 17.0 Å². The van der Waals surface area contributed by atoms with Crippen molar-refractivity contribution in [2.75, 3.05) is 37.4 Å². The molecule has 2 heterocycles. The van der Waals surface area contributed by atoms with E-state index < -0.39 is 5.97 Å². The number of carboxylic acid groups (broad SMARTS) is 1. The van der Waals surface area contributed by atoms with Gasteiger partial charge in [-0.15, -0.1) is 11.3 Å². The number of rotatable bonds is 7. The van der Waals surface area contributed by atoms with E-state index in [0.29, 0.717) is 28.7 Å². The minimum absolute atomic E-state index is 0.127. The molecule has 4 N–H and O–H groups in total. The lowest BCUT2D eigenvalue weighted by atomic mass is 9.80. The summed E-state index contributed by atoms with van der Waals surface area (Å²) >= 11 is 1.49. The van der Waals surface area contributed by atoms with Crippen LogP contribution in [0.4, 0.5) is 10.7 Å². The molecule has 3 aromatic rings. The Morgan fingerprint density at radius 2 is 1.89 bits per heavy atom. The molecule has 37 heavy (non-hydrogen) atoms. The minimum Gasteiger partial charge on any atom is -0.506 e. The Bertz CT molecular complexity index is 1220. The predicted molar refractivity (Wildman–Crippen MR) is 148 cm³/mol. The molecule has 0 radical (unpaired) electrons. The number of aromatic carboxylic acids is 1. The van der Waals surface area contributed by atoms with Crippen molar-refractivity contribution >= 4 is 34.3 Å². The number of phenolic OH excluding ortho intramolecular Hbond substituents is 1. The lowest BCUT2D eigenvalue weighted by molar-refractivity contribution is 0.0694. The highest BCUT2D eigenvalue weighted by atomic mass is 32.1. The number of carbonyl (C=O) groups is 2. The molecule has 0 spiro atoms. The molecule has 1 aliphatic carbocycles. The third-order valence-corrected chi connectivity index (χ3v) is 8.14. The number of hydrogen-bond donors (Lipinski definition) is 4. The van der Waals surface area contributed by atoms with E-state index in [-0.39, 0.29) is 5.75 Å². The van der Waals surface area contributed by atoms with Gasteiger partial charge in [-0.1, -0.05) is 24.3 Å². The number of benzene rings is 2. The fourth-order valence-corrected chi connectivity index (χ4v) is 6.01. The van der Waals surface area contributed by atoms with Crippen molar-refractivity contribution in [3.63, 3.8) is 0 Å². The van der Waals surface area contributed by atoms with Crippen molar-refractivity contribution in [1.29, 1.82) is 0 Å². The Balaban J connectivity index is 0.000000176. The van der Waals surface area contributed by atoms with E-state index in [1.54, 1.807) is 19.2 Å².